The number of rotatable bonds is 4. The molecule has 6 nitrogen and oxygen atoms in total. The Kier molecular flexibility index (Phi) is 3.81. The first-order valence-electron chi connectivity index (χ1n) is 7.14. The molecule has 0 aliphatic carbocycles. The van der Waals surface area contributed by atoms with Crippen LogP contribution in [0, 0.1) is 0 Å². The first-order valence-corrected chi connectivity index (χ1v) is 7.14. The number of ether oxygens (including phenoxy) is 2. The molecule has 6 heteroatoms. The van der Waals surface area contributed by atoms with Crippen molar-refractivity contribution >= 4 is 0 Å². The fraction of sp³-hybridized carbons (Fsp3) is 0.846. The van der Waals surface area contributed by atoms with E-state index in [-0.39, 0.29) is 6.10 Å². The van der Waals surface area contributed by atoms with E-state index in [0.29, 0.717) is 18.3 Å². The second-order valence-corrected chi connectivity index (χ2v) is 5.14. The zero-order valence-corrected chi connectivity index (χ0v) is 11.4. The van der Waals surface area contributed by atoms with Crippen molar-refractivity contribution in [2.75, 3.05) is 26.3 Å². The maximum atomic E-state index is 5.96. The smallest absolute Gasteiger partial charge is 0.259 e. The molecule has 3 heterocycles. The third kappa shape index (κ3) is 2.52. The quantitative estimate of drug-likeness (QED) is 0.892. The SMILES string of the molecule is CCOC1(c2nc([C@@H]3CCCO3)no2)CCNCC1. The van der Waals surface area contributed by atoms with Gasteiger partial charge in [-0.15, -0.1) is 0 Å². The number of hydrogen-bond acceptors (Lipinski definition) is 6. The summed E-state index contributed by atoms with van der Waals surface area (Å²) in [6, 6.07) is 0. The lowest BCUT2D eigenvalue weighted by atomic mass is 9.92. The van der Waals surface area contributed by atoms with Crippen LogP contribution in [-0.2, 0) is 15.1 Å². The van der Waals surface area contributed by atoms with Gasteiger partial charge in [0, 0.05) is 13.2 Å². The Hall–Kier alpha value is -0.980. The zero-order chi connectivity index (χ0) is 13.1. The molecule has 1 aromatic heterocycles. The van der Waals surface area contributed by atoms with E-state index in [1.807, 2.05) is 6.92 Å². The molecule has 19 heavy (non-hydrogen) atoms. The summed E-state index contributed by atoms with van der Waals surface area (Å²) in [5.41, 5.74) is -0.413. The highest BCUT2D eigenvalue weighted by molar-refractivity contribution is 5.04. The lowest BCUT2D eigenvalue weighted by molar-refractivity contribution is -0.0860. The fourth-order valence-corrected chi connectivity index (χ4v) is 2.86. The number of hydrogen-bond donors (Lipinski definition) is 1. The van der Waals surface area contributed by atoms with Crippen molar-refractivity contribution in [2.24, 2.45) is 0 Å². The summed E-state index contributed by atoms with van der Waals surface area (Å²) in [5, 5.41) is 7.42. The minimum Gasteiger partial charge on any atom is -0.370 e. The van der Waals surface area contributed by atoms with E-state index >= 15 is 0 Å². The lowest BCUT2D eigenvalue weighted by Gasteiger charge is -2.33. The summed E-state index contributed by atoms with van der Waals surface area (Å²) in [5.74, 6) is 1.28. The molecule has 2 fully saturated rings. The molecule has 0 spiro atoms. The van der Waals surface area contributed by atoms with Crippen LogP contribution in [0.4, 0.5) is 0 Å². The third-order valence-electron chi connectivity index (χ3n) is 3.88. The van der Waals surface area contributed by atoms with E-state index in [9.17, 15) is 0 Å². The zero-order valence-electron chi connectivity index (χ0n) is 11.4. The van der Waals surface area contributed by atoms with Crippen LogP contribution < -0.4 is 5.32 Å². The summed E-state index contributed by atoms with van der Waals surface area (Å²) in [7, 11) is 0. The highest BCUT2D eigenvalue weighted by Gasteiger charge is 2.40. The fourth-order valence-electron chi connectivity index (χ4n) is 2.86. The predicted molar refractivity (Wildman–Crippen MR) is 67.6 cm³/mol. The van der Waals surface area contributed by atoms with Gasteiger partial charge in [0.05, 0.1) is 0 Å². The molecule has 0 bridgehead atoms. The van der Waals surface area contributed by atoms with Gasteiger partial charge < -0.3 is 19.3 Å². The molecule has 2 saturated heterocycles. The van der Waals surface area contributed by atoms with Gasteiger partial charge in [-0.3, -0.25) is 0 Å². The molecule has 2 aliphatic heterocycles. The van der Waals surface area contributed by atoms with E-state index in [1.165, 1.54) is 0 Å². The van der Waals surface area contributed by atoms with Crippen LogP contribution in [0.2, 0.25) is 0 Å². The van der Waals surface area contributed by atoms with Gasteiger partial charge in [-0.25, -0.2) is 0 Å². The van der Waals surface area contributed by atoms with Gasteiger partial charge in [-0.1, -0.05) is 5.16 Å². The molecule has 0 saturated carbocycles. The molecule has 0 aromatic carbocycles. The lowest BCUT2D eigenvalue weighted by Crippen LogP contribution is -2.42. The molecule has 1 atom stereocenters. The molecular formula is C13H21N3O3. The Morgan fingerprint density at radius 3 is 2.95 bits per heavy atom. The highest BCUT2D eigenvalue weighted by atomic mass is 16.5. The van der Waals surface area contributed by atoms with Gasteiger partial charge in [0.1, 0.15) is 11.7 Å². The minimum atomic E-state index is -0.413. The van der Waals surface area contributed by atoms with Crippen LogP contribution in [0.3, 0.4) is 0 Å². The largest absolute Gasteiger partial charge is 0.370 e. The van der Waals surface area contributed by atoms with Gasteiger partial charge >= 0.3 is 0 Å². The van der Waals surface area contributed by atoms with E-state index in [0.717, 1.165) is 45.4 Å². The van der Waals surface area contributed by atoms with Crippen LogP contribution in [0.5, 0.6) is 0 Å². The van der Waals surface area contributed by atoms with E-state index in [4.69, 9.17) is 14.0 Å². The summed E-state index contributed by atoms with van der Waals surface area (Å²) in [6.07, 6.45) is 3.78. The van der Waals surface area contributed by atoms with Crippen LogP contribution >= 0.6 is 0 Å². The van der Waals surface area contributed by atoms with Crippen LogP contribution in [0.1, 0.15) is 50.4 Å². The van der Waals surface area contributed by atoms with E-state index < -0.39 is 5.60 Å². The summed E-state index contributed by atoms with van der Waals surface area (Å²) >= 11 is 0. The monoisotopic (exact) mass is 267 g/mol. The minimum absolute atomic E-state index is 0.00195. The topological polar surface area (TPSA) is 69.4 Å². The Morgan fingerprint density at radius 2 is 2.26 bits per heavy atom. The summed E-state index contributed by atoms with van der Waals surface area (Å²) in [4.78, 5) is 4.55. The molecule has 1 aromatic rings. The van der Waals surface area contributed by atoms with Crippen molar-refractivity contribution < 1.29 is 14.0 Å². The molecule has 0 unspecified atom stereocenters. The Morgan fingerprint density at radius 1 is 1.42 bits per heavy atom. The Bertz CT molecular complexity index is 404. The number of nitrogens with zero attached hydrogens (tertiary/aromatic N) is 2. The van der Waals surface area contributed by atoms with Crippen molar-refractivity contribution in [1.29, 1.82) is 0 Å². The number of piperidine rings is 1. The van der Waals surface area contributed by atoms with E-state index in [1.54, 1.807) is 0 Å². The van der Waals surface area contributed by atoms with Crippen LogP contribution in [0.15, 0.2) is 4.52 Å². The average Bonchev–Trinajstić information content (AvgIpc) is 3.11. The Balaban J connectivity index is 1.81. The van der Waals surface area contributed by atoms with E-state index in [2.05, 4.69) is 15.5 Å². The molecular weight excluding hydrogens is 246 g/mol. The molecule has 0 radical (unpaired) electrons. The molecule has 1 N–H and O–H groups in total. The van der Waals surface area contributed by atoms with Gasteiger partial charge in [-0.2, -0.15) is 4.98 Å². The van der Waals surface area contributed by atoms with Crippen LogP contribution in [0.25, 0.3) is 0 Å². The number of nitrogens with one attached hydrogen (secondary N) is 1. The number of aromatic nitrogens is 2. The molecule has 0 amide bonds. The summed E-state index contributed by atoms with van der Waals surface area (Å²) in [6.45, 7) is 5.27. The van der Waals surface area contributed by atoms with Gasteiger partial charge in [-0.05, 0) is 45.7 Å². The van der Waals surface area contributed by atoms with Crippen molar-refractivity contribution in [3.63, 3.8) is 0 Å². The van der Waals surface area contributed by atoms with Gasteiger partial charge in [0.15, 0.2) is 0 Å². The molecule has 3 rings (SSSR count). The third-order valence-corrected chi connectivity index (χ3v) is 3.88. The van der Waals surface area contributed by atoms with Crippen molar-refractivity contribution in [3.8, 4) is 0 Å². The average molecular weight is 267 g/mol. The summed E-state index contributed by atoms with van der Waals surface area (Å²) < 4.78 is 17.0. The van der Waals surface area contributed by atoms with Crippen molar-refractivity contribution in [3.05, 3.63) is 11.7 Å². The molecule has 106 valence electrons. The first kappa shape index (κ1) is 13.0. The maximum absolute atomic E-state index is 5.96. The highest BCUT2D eigenvalue weighted by Crippen LogP contribution is 2.35. The van der Waals surface area contributed by atoms with Gasteiger partial charge in [0.25, 0.3) is 5.89 Å². The predicted octanol–water partition coefficient (Wildman–Crippen LogP) is 1.54. The van der Waals surface area contributed by atoms with Crippen molar-refractivity contribution in [2.45, 2.75) is 44.3 Å². The standard InChI is InChI=1S/C13H21N3O3/c1-2-18-13(5-7-14-8-6-13)12-15-11(16-19-12)10-4-3-9-17-10/h10,14H,2-9H2,1H3/t10-/m0/s1. The maximum Gasteiger partial charge on any atom is 0.259 e. The van der Waals surface area contributed by atoms with Crippen LogP contribution in [-0.4, -0.2) is 36.4 Å². The second kappa shape index (κ2) is 5.56. The van der Waals surface area contributed by atoms with Gasteiger partial charge in [0.2, 0.25) is 5.82 Å². The normalized spacial score (nSPS) is 26.7. The van der Waals surface area contributed by atoms with Crippen molar-refractivity contribution in [1.82, 2.24) is 15.5 Å². The second-order valence-electron chi connectivity index (χ2n) is 5.14. The molecule has 2 aliphatic rings. The Labute approximate surface area is 112 Å². The first-order chi connectivity index (χ1) is 9.34.